The minimum atomic E-state index is -0.0867. The Hall–Kier alpha value is -3.13. The van der Waals surface area contributed by atoms with Crippen molar-refractivity contribution in [1.29, 1.82) is 0 Å². The van der Waals surface area contributed by atoms with Gasteiger partial charge in [-0.15, -0.1) is 0 Å². The Balaban J connectivity index is 1.80. The summed E-state index contributed by atoms with van der Waals surface area (Å²) in [6, 6.07) is 32.5. The summed E-state index contributed by atoms with van der Waals surface area (Å²) in [5.74, 6) is 1.88. The highest BCUT2D eigenvalue weighted by atomic mass is 15.1. The predicted molar refractivity (Wildman–Crippen MR) is 129 cm³/mol. The van der Waals surface area contributed by atoms with Crippen LogP contribution in [0.3, 0.4) is 0 Å². The number of aromatic nitrogens is 2. The zero-order valence-electron chi connectivity index (χ0n) is 18.8. The molecule has 2 unspecified atom stereocenters. The molecule has 3 aromatic carbocycles. The molecule has 158 valence electrons. The SMILES string of the molecule is CC(C)C(c1nccn1Cc1ccccc1)C(C)(Cc1ccccc1)c1ccccc1. The molecule has 2 nitrogen and oxygen atoms in total. The van der Waals surface area contributed by atoms with Crippen molar-refractivity contribution in [3.05, 3.63) is 126 Å². The van der Waals surface area contributed by atoms with Gasteiger partial charge >= 0.3 is 0 Å². The van der Waals surface area contributed by atoms with Crippen LogP contribution in [0.15, 0.2) is 103 Å². The Bertz CT molecular complexity index is 1070. The second-order valence-corrected chi connectivity index (χ2v) is 9.07. The standard InChI is InChI=1S/C29H32N2/c1-23(2)27(28-30-19-20-31(28)22-25-15-9-5-10-16-25)29(3,26-17-11-6-12-18-26)21-24-13-7-4-8-14-24/h4-20,23,27H,21-22H2,1-3H3. The topological polar surface area (TPSA) is 17.8 Å². The Kier molecular flexibility index (Phi) is 6.36. The van der Waals surface area contributed by atoms with Crippen LogP contribution in [0.1, 0.15) is 49.2 Å². The summed E-state index contributed by atoms with van der Waals surface area (Å²) in [5.41, 5.74) is 3.94. The molecule has 31 heavy (non-hydrogen) atoms. The highest BCUT2D eigenvalue weighted by Gasteiger charge is 2.41. The first kappa shape index (κ1) is 21.1. The van der Waals surface area contributed by atoms with Crippen molar-refractivity contribution in [3.8, 4) is 0 Å². The average molecular weight is 409 g/mol. The first-order valence-electron chi connectivity index (χ1n) is 11.2. The summed E-state index contributed by atoms with van der Waals surface area (Å²) in [7, 11) is 0. The first-order chi connectivity index (χ1) is 15.1. The Labute approximate surface area is 186 Å². The van der Waals surface area contributed by atoms with Crippen molar-refractivity contribution in [2.24, 2.45) is 5.92 Å². The molecule has 0 fully saturated rings. The lowest BCUT2D eigenvalue weighted by molar-refractivity contribution is 0.283. The second kappa shape index (κ2) is 9.34. The van der Waals surface area contributed by atoms with E-state index in [0.717, 1.165) is 13.0 Å². The highest BCUT2D eigenvalue weighted by molar-refractivity contribution is 5.34. The maximum absolute atomic E-state index is 4.93. The zero-order chi connectivity index (χ0) is 21.7. The molecule has 1 aromatic heterocycles. The number of nitrogens with zero attached hydrogens (tertiary/aromatic N) is 2. The zero-order valence-corrected chi connectivity index (χ0v) is 18.8. The molecule has 0 saturated carbocycles. The van der Waals surface area contributed by atoms with E-state index in [-0.39, 0.29) is 11.3 Å². The molecule has 2 atom stereocenters. The molecule has 0 aliphatic carbocycles. The fourth-order valence-electron chi connectivity index (χ4n) is 5.06. The second-order valence-electron chi connectivity index (χ2n) is 9.07. The summed E-state index contributed by atoms with van der Waals surface area (Å²) in [6.07, 6.45) is 5.06. The van der Waals surface area contributed by atoms with Gasteiger partial charge in [-0.2, -0.15) is 0 Å². The van der Waals surface area contributed by atoms with Gasteiger partial charge in [0.15, 0.2) is 0 Å². The molecule has 1 heterocycles. The van der Waals surface area contributed by atoms with E-state index in [1.807, 2.05) is 6.20 Å². The molecule has 0 aliphatic heterocycles. The van der Waals surface area contributed by atoms with Gasteiger partial charge in [0.05, 0.1) is 0 Å². The summed E-state index contributed by atoms with van der Waals surface area (Å²) >= 11 is 0. The molecule has 0 amide bonds. The summed E-state index contributed by atoms with van der Waals surface area (Å²) < 4.78 is 2.34. The van der Waals surface area contributed by atoms with Gasteiger partial charge in [-0.1, -0.05) is 112 Å². The van der Waals surface area contributed by atoms with E-state index in [1.54, 1.807) is 0 Å². The molecular formula is C29H32N2. The quantitative estimate of drug-likeness (QED) is 0.311. The minimum absolute atomic E-state index is 0.0867. The van der Waals surface area contributed by atoms with Crippen molar-refractivity contribution in [3.63, 3.8) is 0 Å². The molecule has 0 radical (unpaired) electrons. The number of hydrogen-bond donors (Lipinski definition) is 0. The Morgan fingerprint density at radius 3 is 1.90 bits per heavy atom. The highest BCUT2D eigenvalue weighted by Crippen LogP contribution is 2.45. The largest absolute Gasteiger partial charge is 0.330 e. The van der Waals surface area contributed by atoms with E-state index in [4.69, 9.17) is 4.98 Å². The van der Waals surface area contributed by atoms with Crippen molar-refractivity contribution >= 4 is 0 Å². The van der Waals surface area contributed by atoms with Crippen molar-refractivity contribution < 1.29 is 0 Å². The van der Waals surface area contributed by atoms with E-state index in [0.29, 0.717) is 5.92 Å². The van der Waals surface area contributed by atoms with E-state index < -0.39 is 0 Å². The number of rotatable bonds is 8. The normalized spacial score (nSPS) is 14.3. The fraction of sp³-hybridized carbons (Fsp3) is 0.276. The van der Waals surface area contributed by atoms with Crippen LogP contribution in [0.4, 0.5) is 0 Å². The van der Waals surface area contributed by atoms with Crippen LogP contribution in [-0.4, -0.2) is 9.55 Å². The summed E-state index contributed by atoms with van der Waals surface area (Å²) in [4.78, 5) is 4.93. The molecule has 0 spiro atoms. The molecule has 4 rings (SSSR count). The van der Waals surface area contributed by atoms with E-state index in [2.05, 4.69) is 123 Å². The van der Waals surface area contributed by atoms with Crippen LogP contribution in [0.5, 0.6) is 0 Å². The van der Waals surface area contributed by atoms with Gasteiger partial charge < -0.3 is 4.57 Å². The Morgan fingerprint density at radius 1 is 0.774 bits per heavy atom. The van der Waals surface area contributed by atoms with Crippen LogP contribution in [0.2, 0.25) is 0 Å². The third-order valence-electron chi connectivity index (χ3n) is 6.42. The van der Waals surface area contributed by atoms with Crippen LogP contribution in [0.25, 0.3) is 0 Å². The third kappa shape index (κ3) is 4.64. The molecule has 2 heteroatoms. The summed E-state index contributed by atoms with van der Waals surface area (Å²) in [5, 5.41) is 0. The van der Waals surface area contributed by atoms with Gasteiger partial charge in [0.2, 0.25) is 0 Å². The maximum Gasteiger partial charge on any atom is 0.113 e. The predicted octanol–water partition coefficient (Wildman–Crippen LogP) is 6.87. The van der Waals surface area contributed by atoms with Crippen LogP contribution in [-0.2, 0) is 18.4 Å². The van der Waals surface area contributed by atoms with Gasteiger partial charge in [0.25, 0.3) is 0 Å². The lowest BCUT2D eigenvalue weighted by Crippen LogP contribution is -2.37. The molecule has 0 aliphatic rings. The van der Waals surface area contributed by atoms with Crippen LogP contribution in [0, 0.1) is 5.92 Å². The number of benzene rings is 3. The van der Waals surface area contributed by atoms with Gasteiger partial charge in [0, 0.05) is 30.3 Å². The van der Waals surface area contributed by atoms with Crippen LogP contribution < -0.4 is 0 Å². The lowest BCUT2D eigenvalue weighted by atomic mass is 9.64. The van der Waals surface area contributed by atoms with E-state index in [9.17, 15) is 0 Å². The number of hydrogen-bond acceptors (Lipinski definition) is 1. The van der Waals surface area contributed by atoms with Gasteiger partial charge in [-0.25, -0.2) is 4.98 Å². The monoisotopic (exact) mass is 408 g/mol. The third-order valence-corrected chi connectivity index (χ3v) is 6.42. The first-order valence-corrected chi connectivity index (χ1v) is 11.2. The van der Waals surface area contributed by atoms with E-state index >= 15 is 0 Å². The van der Waals surface area contributed by atoms with Gasteiger partial charge in [-0.3, -0.25) is 0 Å². The average Bonchev–Trinajstić information content (AvgIpc) is 3.23. The molecule has 0 saturated heterocycles. The smallest absolute Gasteiger partial charge is 0.113 e. The molecule has 0 bridgehead atoms. The Morgan fingerprint density at radius 2 is 1.32 bits per heavy atom. The van der Waals surface area contributed by atoms with E-state index in [1.165, 1.54) is 22.5 Å². The molecule has 4 aromatic rings. The van der Waals surface area contributed by atoms with Crippen LogP contribution >= 0.6 is 0 Å². The van der Waals surface area contributed by atoms with Gasteiger partial charge in [0.1, 0.15) is 5.82 Å². The summed E-state index contributed by atoms with van der Waals surface area (Å²) in [6.45, 7) is 7.92. The molecule has 0 N–H and O–H groups in total. The van der Waals surface area contributed by atoms with Crippen molar-refractivity contribution in [2.45, 2.75) is 45.1 Å². The maximum atomic E-state index is 4.93. The number of imidazole rings is 1. The minimum Gasteiger partial charge on any atom is -0.330 e. The van der Waals surface area contributed by atoms with Crippen molar-refractivity contribution in [1.82, 2.24) is 9.55 Å². The van der Waals surface area contributed by atoms with Crippen molar-refractivity contribution in [2.75, 3.05) is 0 Å². The lowest BCUT2D eigenvalue weighted by Gasteiger charge is -2.41. The fourth-order valence-corrected chi connectivity index (χ4v) is 5.06. The molecular weight excluding hydrogens is 376 g/mol. The van der Waals surface area contributed by atoms with Gasteiger partial charge in [-0.05, 0) is 29.0 Å².